The van der Waals surface area contributed by atoms with Crippen molar-refractivity contribution >= 4 is 5.97 Å². The van der Waals surface area contributed by atoms with Gasteiger partial charge in [0.2, 0.25) is 0 Å². The Labute approximate surface area is 180 Å². The fourth-order valence-corrected chi connectivity index (χ4v) is 3.79. The zero-order chi connectivity index (χ0) is 21.4. The zero-order valence-corrected chi connectivity index (χ0v) is 18.6. The standard InChI is InChI=1S/C24H36O6/c1-4-5-6-7-8-9-10-18-15-26-23(27-16-18)19-11-13-20(14-12-19)29-22(25)21-17-28-24(2,3)30-21/h11-14,18,21,23H,4-10,15-17H2,1-3H3/t18?,21-,23?/m1/s1. The minimum atomic E-state index is -0.754. The molecule has 1 atom stereocenters. The van der Waals surface area contributed by atoms with Crippen molar-refractivity contribution in [3.8, 4) is 5.75 Å². The van der Waals surface area contributed by atoms with Gasteiger partial charge in [0.25, 0.3) is 0 Å². The van der Waals surface area contributed by atoms with Crippen LogP contribution < -0.4 is 4.74 Å². The molecule has 0 N–H and O–H groups in total. The second kappa shape index (κ2) is 11.2. The highest BCUT2D eigenvalue weighted by atomic mass is 16.8. The maximum Gasteiger partial charge on any atom is 0.343 e. The average molecular weight is 421 g/mol. The number of benzene rings is 1. The van der Waals surface area contributed by atoms with Crippen molar-refractivity contribution in [1.29, 1.82) is 0 Å². The zero-order valence-electron chi connectivity index (χ0n) is 18.6. The molecule has 0 amide bonds. The van der Waals surface area contributed by atoms with E-state index in [-0.39, 0.29) is 12.9 Å². The van der Waals surface area contributed by atoms with E-state index in [1.165, 1.54) is 38.5 Å². The summed E-state index contributed by atoms with van der Waals surface area (Å²) in [6.45, 7) is 7.45. The van der Waals surface area contributed by atoms with Gasteiger partial charge in [-0.2, -0.15) is 0 Å². The van der Waals surface area contributed by atoms with E-state index < -0.39 is 17.9 Å². The van der Waals surface area contributed by atoms with Gasteiger partial charge < -0.3 is 23.7 Å². The summed E-state index contributed by atoms with van der Waals surface area (Å²) in [5, 5.41) is 0. The number of carbonyl (C=O) groups excluding carboxylic acids is 1. The molecule has 0 bridgehead atoms. The molecule has 30 heavy (non-hydrogen) atoms. The van der Waals surface area contributed by atoms with Crippen molar-refractivity contribution < 1.29 is 28.5 Å². The molecule has 0 radical (unpaired) electrons. The quantitative estimate of drug-likeness (QED) is 0.296. The van der Waals surface area contributed by atoms with Gasteiger partial charge in [-0.15, -0.1) is 0 Å². The molecule has 1 aromatic rings. The van der Waals surface area contributed by atoms with Gasteiger partial charge in [0.15, 0.2) is 18.2 Å². The molecule has 0 aliphatic carbocycles. The minimum absolute atomic E-state index is 0.202. The molecule has 3 rings (SSSR count). The largest absolute Gasteiger partial charge is 0.425 e. The number of ether oxygens (including phenoxy) is 5. The van der Waals surface area contributed by atoms with Gasteiger partial charge in [-0.3, -0.25) is 0 Å². The molecule has 0 unspecified atom stereocenters. The number of carbonyl (C=O) groups is 1. The van der Waals surface area contributed by atoms with Crippen molar-refractivity contribution in [1.82, 2.24) is 0 Å². The highest BCUT2D eigenvalue weighted by molar-refractivity contribution is 5.77. The van der Waals surface area contributed by atoms with Gasteiger partial charge >= 0.3 is 5.97 Å². The van der Waals surface area contributed by atoms with Crippen LogP contribution in [0.15, 0.2) is 24.3 Å². The van der Waals surface area contributed by atoms with E-state index in [0.29, 0.717) is 11.7 Å². The first kappa shape index (κ1) is 23.2. The molecule has 2 fully saturated rings. The molecule has 6 heteroatoms. The van der Waals surface area contributed by atoms with Gasteiger partial charge in [0.05, 0.1) is 19.8 Å². The van der Waals surface area contributed by atoms with E-state index in [0.717, 1.165) is 25.2 Å². The highest BCUT2D eigenvalue weighted by Crippen LogP contribution is 2.29. The molecule has 1 aromatic carbocycles. The third kappa shape index (κ3) is 7.05. The van der Waals surface area contributed by atoms with E-state index in [2.05, 4.69) is 6.92 Å². The Bertz CT molecular complexity index is 648. The second-order valence-electron chi connectivity index (χ2n) is 8.73. The lowest BCUT2D eigenvalue weighted by Gasteiger charge is -2.29. The molecular weight excluding hydrogens is 384 g/mol. The lowest BCUT2D eigenvalue weighted by Crippen LogP contribution is -2.30. The average Bonchev–Trinajstić information content (AvgIpc) is 3.11. The van der Waals surface area contributed by atoms with E-state index in [9.17, 15) is 4.79 Å². The summed E-state index contributed by atoms with van der Waals surface area (Å²) in [5.41, 5.74) is 0.925. The Hall–Kier alpha value is -1.47. The smallest absolute Gasteiger partial charge is 0.343 e. The monoisotopic (exact) mass is 420 g/mol. The molecule has 2 saturated heterocycles. The predicted octanol–water partition coefficient (Wildman–Crippen LogP) is 5.16. The van der Waals surface area contributed by atoms with Gasteiger partial charge in [0.1, 0.15) is 5.75 Å². The molecular formula is C24H36O6. The number of rotatable bonds is 10. The predicted molar refractivity (Wildman–Crippen MR) is 113 cm³/mol. The van der Waals surface area contributed by atoms with Crippen LogP contribution in [-0.2, 0) is 23.7 Å². The van der Waals surface area contributed by atoms with Crippen molar-refractivity contribution in [3.63, 3.8) is 0 Å². The summed E-state index contributed by atoms with van der Waals surface area (Å²) >= 11 is 0. The Morgan fingerprint density at radius 1 is 1.00 bits per heavy atom. The normalized spacial score (nSPS) is 25.9. The van der Waals surface area contributed by atoms with Crippen LogP contribution in [0.4, 0.5) is 0 Å². The molecule has 2 aliphatic heterocycles. The van der Waals surface area contributed by atoms with Crippen LogP contribution in [0.1, 0.15) is 77.6 Å². The molecule has 168 valence electrons. The third-order valence-electron chi connectivity index (χ3n) is 5.57. The van der Waals surface area contributed by atoms with E-state index in [4.69, 9.17) is 23.7 Å². The maximum atomic E-state index is 12.2. The Kier molecular flexibility index (Phi) is 8.69. The molecule has 6 nitrogen and oxygen atoms in total. The minimum Gasteiger partial charge on any atom is -0.425 e. The lowest BCUT2D eigenvalue weighted by atomic mass is 10.0. The van der Waals surface area contributed by atoms with Crippen molar-refractivity contribution in [3.05, 3.63) is 29.8 Å². The molecule has 0 saturated carbocycles. The van der Waals surface area contributed by atoms with Crippen molar-refractivity contribution in [2.75, 3.05) is 19.8 Å². The van der Waals surface area contributed by atoms with Gasteiger partial charge in [-0.05, 0) is 32.4 Å². The molecule has 0 aromatic heterocycles. The van der Waals surface area contributed by atoms with E-state index in [1.54, 1.807) is 26.0 Å². The Morgan fingerprint density at radius 2 is 1.67 bits per heavy atom. The summed E-state index contributed by atoms with van der Waals surface area (Å²) in [4.78, 5) is 12.2. The fourth-order valence-electron chi connectivity index (χ4n) is 3.79. The van der Waals surface area contributed by atoms with E-state index in [1.807, 2.05) is 12.1 Å². The summed E-state index contributed by atoms with van der Waals surface area (Å²) in [6, 6.07) is 7.25. The first-order valence-electron chi connectivity index (χ1n) is 11.3. The first-order chi connectivity index (χ1) is 14.5. The van der Waals surface area contributed by atoms with Gasteiger partial charge in [-0.1, -0.05) is 57.6 Å². The fraction of sp³-hybridized carbons (Fsp3) is 0.708. The van der Waals surface area contributed by atoms with Gasteiger partial charge in [0, 0.05) is 11.5 Å². The van der Waals surface area contributed by atoms with Crippen LogP contribution in [0.5, 0.6) is 5.75 Å². The lowest BCUT2D eigenvalue weighted by molar-refractivity contribution is -0.206. The third-order valence-corrected chi connectivity index (χ3v) is 5.57. The molecule has 2 heterocycles. The van der Waals surface area contributed by atoms with Crippen LogP contribution in [0.3, 0.4) is 0 Å². The Balaban J connectivity index is 1.37. The maximum absolute atomic E-state index is 12.2. The number of esters is 1. The van der Waals surface area contributed by atoms with Crippen molar-refractivity contribution in [2.24, 2.45) is 5.92 Å². The first-order valence-corrected chi connectivity index (χ1v) is 11.3. The number of hydrogen-bond acceptors (Lipinski definition) is 6. The summed E-state index contributed by atoms with van der Waals surface area (Å²) < 4.78 is 28.2. The van der Waals surface area contributed by atoms with Crippen LogP contribution in [0.2, 0.25) is 0 Å². The molecule has 0 spiro atoms. The van der Waals surface area contributed by atoms with Crippen molar-refractivity contribution in [2.45, 2.75) is 83.9 Å². The topological polar surface area (TPSA) is 63.2 Å². The van der Waals surface area contributed by atoms with E-state index >= 15 is 0 Å². The summed E-state index contributed by atoms with van der Waals surface area (Å²) in [5.74, 6) is -0.258. The molecule has 2 aliphatic rings. The SMILES string of the molecule is CCCCCCCCC1COC(c2ccc(OC(=O)[C@H]3COC(C)(C)O3)cc2)OC1. The second-order valence-corrected chi connectivity index (χ2v) is 8.73. The summed E-state index contributed by atoms with van der Waals surface area (Å²) in [7, 11) is 0. The number of hydrogen-bond donors (Lipinski definition) is 0. The van der Waals surface area contributed by atoms with Crippen LogP contribution >= 0.6 is 0 Å². The van der Waals surface area contributed by atoms with Crippen LogP contribution in [0, 0.1) is 5.92 Å². The van der Waals surface area contributed by atoms with Gasteiger partial charge in [-0.25, -0.2) is 4.79 Å². The highest BCUT2D eigenvalue weighted by Gasteiger charge is 2.38. The summed E-state index contributed by atoms with van der Waals surface area (Å²) in [6.07, 6.45) is 7.97. The van der Waals surface area contributed by atoms with Crippen LogP contribution in [-0.4, -0.2) is 37.7 Å². The number of unbranched alkanes of at least 4 members (excludes halogenated alkanes) is 5. The van der Waals surface area contributed by atoms with Crippen LogP contribution in [0.25, 0.3) is 0 Å². The Morgan fingerprint density at radius 3 is 2.30 bits per heavy atom.